The van der Waals surface area contributed by atoms with Gasteiger partial charge in [-0.1, -0.05) is 42.2 Å². The molecular formula is C23H21BrN2O6S2. The van der Waals surface area contributed by atoms with E-state index < -0.39 is 5.97 Å². The lowest BCUT2D eigenvalue weighted by Gasteiger charge is -2.14. The van der Waals surface area contributed by atoms with Crippen LogP contribution in [0.4, 0.5) is 5.69 Å². The predicted molar refractivity (Wildman–Crippen MR) is 138 cm³/mol. The van der Waals surface area contributed by atoms with Gasteiger partial charge in [0.2, 0.25) is 0 Å². The van der Waals surface area contributed by atoms with Crippen LogP contribution in [0, 0.1) is 6.92 Å². The maximum atomic E-state index is 12.6. The van der Waals surface area contributed by atoms with E-state index in [1.807, 2.05) is 31.2 Å². The van der Waals surface area contributed by atoms with Crippen LogP contribution in [-0.2, 0) is 14.4 Å². The third-order valence-electron chi connectivity index (χ3n) is 4.74. The zero-order valence-corrected chi connectivity index (χ0v) is 21.5. The first-order valence-electron chi connectivity index (χ1n) is 10.0. The standard InChI is InChI=1S/C23H21BrN2O6S2/c1-13-5-3-4-6-16(13)25-19(27)12-32-21-15(24)9-14(10-17(21)31-2)11-18-22(30)26(23(33)34-18)8-7-20(28)29/h3-6,9-11H,7-8,12H2,1-2H3,(H,25,27)(H,28,29)/b18-11-. The lowest BCUT2D eigenvalue weighted by Crippen LogP contribution is -2.30. The number of thiocarbonyl (C=S) groups is 1. The summed E-state index contributed by atoms with van der Waals surface area (Å²) in [6.07, 6.45) is 1.45. The Hall–Kier alpha value is -2.89. The van der Waals surface area contributed by atoms with Gasteiger partial charge in [-0.15, -0.1) is 0 Å². The Morgan fingerprint density at radius 1 is 1.29 bits per heavy atom. The molecule has 2 amide bonds. The minimum absolute atomic E-state index is 0.0156. The Morgan fingerprint density at radius 3 is 2.71 bits per heavy atom. The molecule has 1 heterocycles. The maximum absolute atomic E-state index is 12.6. The van der Waals surface area contributed by atoms with Crippen molar-refractivity contribution in [2.75, 3.05) is 25.6 Å². The van der Waals surface area contributed by atoms with E-state index in [0.29, 0.717) is 36.4 Å². The Labute approximate surface area is 214 Å². The molecule has 11 heteroatoms. The van der Waals surface area contributed by atoms with Gasteiger partial charge in [0.25, 0.3) is 11.8 Å². The number of aliphatic carboxylic acids is 1. The van der Waals surface area contributed by atoms with Crippen molar-refractivity contribution in [1.82, 2.24) is 4.90 Å². The number of carboxylic acids is 1. The van der Waals surface area contributed by atoms with Crippen LogP contribution in [0.3, 0.4) is 0 Å². The van der Waals surface area contributed by atoms with Gasteiger partial charge in [-0.25, -0.2) is 0 Å². The first-order valence-corrected chi connectivity index (χ1v) is 12.0. The summed E-state index contributed by atoms with van der Waals surface area (Å²) in [6.45, 7) is 1.68. The zero-order chi connectivity index (χ0) is 24.8. The molecule has 8 nitrogen and oxygen atoms in total. The third kappa shape index (κ3) is 6.37. The fourth-order valence-electron chi connectivity index (χ4n) is 3.05. The number of benzene rings is 2. The van der Waals surface area contributed by atoms with Crippen LogP contribution in [0.5, 0.6) is 11.5 Å². The Morgan fingerprint density at radius 2 is 2.03 bits per heavy atom. The monoisotopic (exact) mass is 564 g/mol. The molecule has 0 aromatic heterocycles. The van der Waals surface area contributed by atoms with Crippen molar-refractivity contribution in [3.8, 4) is 11.5 Å². The number of hydrogen-bond acceptors (Lipinski definition) is 7. The van der Waals surface area contributed by atoms with Crippen molar-refractivity contribution >= 4 is 73.8 Å². The summed E-state index contributed by atoms with van der Waals surface area (Å²) in [5.41, 5.74) is 2.28. The Balaban J connectivity index is 1.73. The molecule has 1 aliphatic rings. The van der Waals surface area contributed by atoms with Crippen molar-refractivity contribution in [1.29, 1.82) is 0 Å². The maximum Gasteiger partial charge on any atom is 0.305 e. The molecule has 0 atom stereocenters. The van der Waals surface area contributed by atoms with Crippen LogP contribution in [-0.4, -0.2) is 52.4 Å². The summed E-state index contributed by atoms with van der Waals surface area (Å²) < 4.78 is 12.0. The number of thioether (sulfide) groups is 1. The predicted octanol–water partition coefficient (Wildman–Crippen LogP) is 4.46. The highest BCUT2D eigenvalue weighted by Gasteiger charge is 2.32. The second-order valence-corrected chi connectivity index (χ2v) is 9.69. The van der Waals surface area contributed by atoms with Crippen LogP contribution >= 0.6 is 39.9 Å². The molecule has 2 N–H and O–H groups in total. The van der Waals surface area contributed by atoms with Gasteiger partial charge in [0.15, 0.2) is 18.1 Å². The SMILES string of the molecule is COc1cc(/C=C2\SC(=S)N(CCC(=O)O)C2=O)cc(Br)c1OCC(=O)Nc1ccccc1C. The van der Waals surface area contributed by atoms with Gasteiger partial charge in [-0.05, 0) is 58.3 Å². The molecule has 0 aliphatic carbocycles. The highest BCUT2D eigenvalue weighted by Crippen LogP contribution is 2.39. The van der Waals surface area contributed by atoms with E-state index in [2.05, 4.69) is 21.2 Å². The molecule has 34 heavy (non-hydrogen) atoms. The number of nitrogens with one attached hydrogen (secondary N) is 1. The Kier molecular flexibility index (Phi) is 8.70. The largest absolute Gasteiger partial charge is 0.493 e. The smallest absolute Gasteiger partial charge is 0.305 e. The molecule has 1 aliphatic heterocycles. The minimum Gasteiger partial charge on any atom is -0.493 e. The second-order valence-electron chi connectivity index (χ2n) is 7.16. The summed E-state index contributed by atoms with van der Waals surface area (Å²) in [4.78, 5) is 37.4. The Bertz CT molecular complexity index is 1180. The van der Waals surface area contributed by atoms with Crippen LogP contribution < -0.4 is 14.8 Å². The molecule has 0 saturated carbocycles. The molecule has 0 unspecified atom stereocenters. The summed E-state index contributed by atoms with van der Waals surface area (Å²) in [5.74, 6) is -0.967. The van der Waals surface area contributed by atoms with Crippen molar-refractivity contribution in [3.05, 3.63) is 56.9 Å². The summed E-state index contributed by atoms with van der Waals surface area (Å²) in [6, 6.07) is 10.8. The van der Waals surface area contributed by atoms with Crippen LogP contribution in [0.25, 0.3) is 6.08 Å². The van der Waals surface area contributed by atoms with Crippen molar-refractivity contribution < 1.29 is 29.0 Å². The number of rotatable bonds is 9. The molecule has 178 valence electrons. The number of ether oxygens (including phenoxy) is 2. The molecular weight excluding hydrogens is 544 g/mol. The molecule has 0 bridgehead atoms. The number of halogens is 1. The fourth-order valence-corrected chi connectivity index (χ4v) is 4.93. The molecule has 1 fully saturated rings. The number of hydrogen-bond donors (Lipinski definition) is 2. The number of amides is 2. The highest BCUT2D eigenvalue weighted by molar-refractivity contribution is 9.10. The second kappa shape index (κ2) is 11.5. The lowest BCUT2D eigenvalue weighted by molar-refractivity contribution is -0.137. The average Bonchev–Trinajstić information content (AvgIpc) is 3.04. The van der Waals surface area contributed by atoms with Crippen molar-refractivity contribution in [2.45, 2.75) is 13.3 Å². The number of carboxylic acid groups (broad SMARTS) is 1. The van der Waals surface area contributed by atoms with E-state index >= 15 is 0 Å². The first-order chi connectivity index (χ1) is 16.2. The van der Waals surface area contributed by atoms with Gasteiger partial charge in [0, 0.05) is 12.2 Å². The van der Waals surface area contributed by atoms with E-state index in [4.69, 9.17) is 26.8 Å². The van der Waals surface area contributed by atoms with E-state index in [1.165, 1.54) is 12.0 Å². The zero-order valence-electron chi connectivity index (χ0n) is 18.3. The number of aryl methyl sites for hydroxylation is 1. The minimum atomic E-state index is -1.00. The number of carbonyl (C=O) groups is 3. The number of anilines is 1. The summed E-state index contributed by atoms with van der Waals surface area (Å²) in [7, 11) is 1.47. The van der Waals surface area contributed by atoms with Gasteiger partial charge >= 0.3 is 5.97 Å². The van der Waals surface area contributed by atoms with Gasteiger partial charge in [0.05, 0.1) is 22.9 Å². The van der Waals surface area contributed by atoms with Gasteiger partial charge in [-0.3, -0.25) is 19.3 Å². The van der Waals surface area contributed by atoms with Gasteiger partial charge in [-0.2, -0.15) is 0 Å². The number of para-hydroxylation sites is 1. The normalized spacial score (nSPS) is 14.4. The molecule has 3 rings (SSSR count). The average molecular weight is 565 g/mol. The van der Waals surface area contributed by atoms with Gasteiger partial charge in [0.1, 0.15) is 4.32 Å². The summed E-state index contributed by atoms with van der Waals surface area (Å²) >= 11 is 9.76. The highest BCUT2D eigenvalue weighted by atomic mass is 79.9. The van der Waals surface area contributed by atoms with Gasteiger partial charge < -0.3 is 19.9 Å². The van der Waals surface area contributed by atoms with E-state index in [9.17, 15) is 14.4 Å². The van der Waals surface area contributed by atoms with Crippen LogP contribution in [0.1, 0.15) is 17.5 Å². The number of methoxy groups -OCH3 is 1. The molecule has 0 radical (unpaired) electrons. The van der Waals surface area contributed by atoms with Crippen molar-refractivity contribution in [3.63, 3.8) is 0 Å². The fraction of sp³-hybridized carbons (Fsp3) is 0.217. The molecule has 1 saturated heterocycles. The van der Waals surface area contributed by atoms with Crippen LogP contribution in [0.2, 0.25) is 0 Å². The summed E-state index contributed by atoms with van der Waals surface area (Å²) in [5, 5.41) is 11.7. The quantitative estimate of drug-likeness (QED) is 0.339. The molecule has 2 aromatic carbocycles. The third-order valence-corrected chi connectivity index (χ3v) is 6.71. The first kappa shape index (κ1) is 25.7. The van der Waals surface area contributed by atoms with Crippen LogP contribution in [0.15, 0.2) is 45.8 Å². The molecule has 0 spiro atoms. The number of carbonyl (C=O) groups excluding carboxylic acids is 2. The van der Waals surface area contributed by atoms with Crippen molar-refractivity contribution in [2.24, 2.45) is 0 Å². The lowest BCUT2D eigenvalue weighted by atomic mass is 10.2. The number of nitrogens with zero attached hydrogens (tertiary/aromatic N) is 1. The molecule has 2 aromatic rings. The van der Waals surface area contributed by atoms with E-state index in [0.717, 1.165) is 17.3 Å². The van der Waals surface area contributed by atoms with E-state index in [1.54, 1.807) is 18.2 Å². The topological polar surface area (TPSA) is 105 Å². The van der Waals surface area contributed by atoms with E-state index in [-0.39, 0.29) is 31.4 Å².